The molecule has 0 saturated heterocycles. The zero-order chi connectivity index (χ0) is 20.8. The molecule has 11 heteroatoms. The van der Waals surface area contributed by atoms with Gasteiger partial charge in [-0.2, -0.15) is 5.10 Å². The first kappa shape index (κ1) is 19.1. The van der Waals surface area contributed by atoms with Gasteiger partial charge in [0.15, 0.2) is 5.82 Å². The van der Waals surface area contributed by atoms with Crippen molar-refractivity contribution in [2.45, 2.75) is 4.90 Å². The summed E-state index contributed by atoms with van der Waals surface area (Å²) in [6.07, 6.45) is 1.58. The van der Waals surface area contributed by atoms with Crippen LogP contribution in [0.4, 0.5) is 20.3 Å². The number of rotatable bonds is 4. The first-order chi connectivity index (χ1) is 13.7. The Hall–Kier alpha value is -3.24. The van der Waals surface area contributed by atoms with Crippen molar-refractivity contribution in [1.29, 1.82) is 0 Å². The van der Waals surface area contributed by atoms with Crippen molar-refractivity contribution in [3.05, 3.63) is 65.3 Å². The average Bonchev–Trinajstić information content (AvgIpc) is 3.05. The van der Waals surface area contributed by atoms with Gasteiger partial charge in [0.1, 0.15) is 16.5 Å². The van der Waals surface area contributed by atoms with Crippen LogP contribution in [0.15, 0.2) is 53.6 Å². The van der Waals surface area contributed by atoms with E-state index in [4.69, 9.17) is 17.3 Å². The van der Waals surface area contributed by atoms with E-state index in [1.165, 1.54) is 12.1 Å². The van der Waals surface area contributed by atoms with Crippen LogP contribution >= 0.6 is 11.6 Å². The van der Waals surface area contributed by atoms with E-state index < -0.39 is 31.6 Å². The lowest BCUT2D eigenvalue weighted by atomic mass is 10.1. The second kappa shape index (κ2) is 6.98. The summed E-state index contributed by atoms with van der Waals surface area (Å²) in [5, 5.41) is 6.70. The summed E-state index contributed by atoms with van der Waals surface area (Å²) in [4.78, 5) is 3.62. The Morgan fingerprint density at radius 2 is 1.83 bits per heavy atom. The van der Waals surface area contributed by atoms with Gasteiger partial charge >= 0.3 is 0 Å². The Kier molecular flexibility index (Phi) is 4.59. The van der Waals surface area contributed by atoms with Gasteiger partial charge in [-0.25, -0.2) is 17.2 Å². The maximum Gasteiger partial charge on any atom is 0.263 e. The van der Waals surface area contributed by atoms with E-state index in [9.17, 15) is 17.2 Å². The van der Waals surface area contributed by atoms with Crippen LogP contribution in [0.3, 0.4) is 0 Å². The molecular weight excluding hydrogens is 424 g/mol. The number of aromatic nitrogens is 3. The van der Waals surface area contributed by atoms with Gasteiger partial charge in [-0.15, -0.1) is 0 Å². The number of halogens is 3. The van der Waals surface area contributed by atoms with Crippen molar-refractivity contribution < 1.29 is 17.2 Å². The Bertz CT molecular complexity index is 1340. The second-order valence-electron chi connectivity index (χ2n) is 6.11. The summed E-state index contributed by atoms with van der Waals surface area (Å²) in [6, 6.07) is 9.17. The molecule has 0 aliphatic rings. The highest BCUT2D eigenvalue weighted by molar-refractivity contribution is 7.92. The average molecular weight is 436 g/mol. The molecule has 2 aromatic carbocycles. The fourth-order valence-corrected chi connectivity index (χ4v) is 4.31. The van der Waals surface area contributed by atoms with Gasteiger partial charge in [0.25, 0.3) is 10.0 Å². The number of nitrogens with zero attached hydrogens (tertiary/aromatic N) is 2. The number of fused-ring (bicyclic) bond motifs is 1. The van der Waals surface area contributed by atoms with E-state index in [1.54, 1.807) is 24.4 Å². The summed E-state index contributed by atoms with van der Waals surface area (Å²) >= 11 is 5.68. The topological polar surface area (TPSA) is 114 Å². The molecule has 0 bridgehead atoms. The first-order valence-corrected chi connectivity index (χ1v) is 9.98. The van der Waals surface area contributed by atoms with Crippen molar-refractivity contribution in [3.63, 3.8) is 0 Å². The summed E-state index contributed by atoms with van der Waals surface area (Å²) < 4.78 is 54.2. The number of nitrogens with one attached hydrogen (secondary N) is 2. The number of nitrogen functional groups attached to an aromatic ring is 1. The Labute approximate surface area is 168 Å². The Morgan fingerprint density at radius 3 is 2.55 bits per heavy atom. The lowest BCUT2D eigenvalue weighted by Gasteiger charge is -2.11. The molecule has 29 heavy (non-hydrogen) atoms. The lowest BCUT2D eigenvalue weighted by Crippen LogP contribution is -2.14. The van der Waals surface area contributed by atoms with Crippen LogP contribution in [0.2, 0.25) is 5.02 Å². The smallest absolute Gasteiger partial charge is 0.263 e. The normalized spacial score (nSPS) is 11.7. The second-order valence-corrected chi connectivity index (χ2v) is 8.14. The van der Waals surface area contributed by atoms with Crippen molar-refractivity contribution in [2.75, 3.05) is 10.5 Å². The first-order valence-electron chi connectivity index (χ1n) is 8.12. The van der Waals surface area contributed by atoms with Crippen LogP contribution in [0.5, 0.6) is 0 Å². The molecule has 0 radical (unpaired) electrons. The van der Waals surface area contributed by atoms with Gasteiger partial charge in [0.05, 0.1) is 21.6 Å². The molecule has 148 valence electrons. The standard InChI is InChI=1S/C18H12ClF2N5O2S/c19-17-13(21)5-10(20)6-16(17)29(27,28)26-11-3-1-9(2-4-11)14-7-15-12(8-23-14)18(22)25-24-15/h1-8,26H,(H3,22,24,25). The third-order valence-electron chi connectivity index (χ3n) is 4.16. The number of aromatic amines is 1. The molecule has 2 aromatic heterocycles. The maximum atomic E-state index is 13.6. The van der Waals surface area contributed by atoms with Crippen LogP contribution in [-0.2, 0) is 10.0 Å². The molecule has 4 aromatic rings. The summed E-state index contributed by atoms with van der Waals surface area (Å²) in [6.45, 7) is 0. The maximum absolute atomic E-state index is 13.6. The molecule has 0 fully saturated rings. The zero-order valence-corrected chi connectivity index (χ0v) is 16.0. The van der Waals surface area contributed by atoms with Crippen molar-refractivity contribution in [3.8, 4) is 11.3 Å². The molecule has 4 rings (SSSR count). The van der Waals surface area contributed by atoms with E-state index in [2.05, 4.69) is 19.9 Å². The number of hydrogen-bond donors (Lipinski definition) is 3. The van der Waals surface area contributed by atoms with Crippen LogP contribution in [0.25, 0.3) is 22.2 Å². The molecule has 0 saturated carbocycles. The predicted octanol–water partition coefficient (Wildman–Crippen LogP) is 3.94. The van der Waals surface area contributed by atoms with Gasteiger partial charge < -0.3 is 5.73 Å². The van der Waals surface area contributed by atoms with E-state index in [0.717, 1.165) is 0 Å². The molecule has 0 amide bonds. The molecule has 7 nitrogen and oxygen atoms in total. The van der Waals surface area contributed by atoms with E-state index in [0.29, 0.717) is 40.1 Å². The number of H-pyrrole nitrogens is 1. The lowest BCUT2D eigenvalue weighted by molar-refractivity contribution is 0.569. The highest BCUT2D eigenvalue weighted by Crippen LogP contribution is 2.29. The quantitative estimate of drug-likeness (QED) is 0.420. The van der Waals surface area contributed by atoms with Gasteiger partial charge in [0, 0.05) is 23.5 Å². The minimum atomic E-state index is -4.30. The number of benzene rings is 2. The molecule has 2 heterocycles. The fourth-order valence-electron chi connectivity index (χ4n) is 2.74. The summed E-state index contributed by atoms with van der Waals surface area (Å²) in [7, 11) is -4.30. The Balaban J connectivity index is 1.62. The minimum Gasteiger partial charge on any atom is -0.382 e. The number of pyridine rings is 1. The molecule has 4 N–H and O–H groups in total. The van der Waals surface area contributed by atoms with Crippen LogP contribution in [0, 0.1) is 11.6 Å². The van der Waals surface area contributed by atoms with Crippen molar-refractivity contribution in [2.24, 2.45) is 0 Å². The molecule has 0 unspecified atom stereocenters. The van der Waals surface area contributed by atoms with Crippen LogP contribution < -0.4 is 10.5 Å². The summed E-state index contributed by atoms with van der Waals surface area (Å²) in [5.74, 6) is -1.87. The van der Waals surface area contributed by atoms with E-state index in [1.807, 2.05) is 0 Å². The summed E-state index contributed by atoms with van der Waals surface area (Å²) in [5.41, 5.74) is 7.93. The predicted molar refractivity (Wildman–Crippen MR) is 106 cm³/mol. The number of nitrogens with two attached hydrogens (primary N) is 1. The number of anilines is 2. The van der Waals surface area contributed by atoms with E-state index >= 15 is 0 Å². The SMILES string of the molecule is Nc1n[nH]c2cc(-c3ccc(NS(=O)(=O)c4cc(F)cc(F)c4Cl)cc3)ncc12. The largest absolute Gasteiger partial charge is 0.382 e. The van der Waals surface area contributed by atoms with Crippen LogP contribution in [0.1, 0.15) is 0 Å². The van der Waals surface area contributed by atoms with Crippen LogP contribution in [-0.4, -0.2) is 23.6 Å². The van der Waals surface area contributed by atoms with Gasteiger partial charge in [-0.05, 0) is 24.3 Å². The molecule has 0 spiro atoms. The zero-order valence-electron chi connectivity index (χ0n) is 14.4. The van der Waals surface area contributed by atoms with Crippen molar-refractivity contribution >= 4 is 44.0 Å². The van der Waals surface area contributed by atoms with Gasteiger partial charge in [-0.1, -0.05) is 23.7 Å². The van der Waals surface area contributed by atoms with E-state index in [-0.39, 0.29) is 5.69 Å². The number of sulfonamides is 1. The fraction of sp³-hybridized carbons (Fsp3) is 0. The molecule has 0 aliphatic carbocycles. The van der Waals surface area contributed by atoms with Crippen molar-refractivity contribution in [1.82, 2.24) is 15.2 Å². The molecule has 0 atom stereocenters. The Morgan fingerprint density at radius 1 is 1.10 bits per heavy atom. The highest BCUT2D eigenvalue weighted by atomic mass is 35.5. The monoisotopic (exact) mass is 435 g/mol. The van der Waals surface area contributed by atoms with Gasteiger partial charge in [-0.3, -0.25) is 14.8 Å². The molecular formula is C18H12ClF2N5O2S. The third-order valence-corrected chi connectivity index (χ3v) is 6.06. The molecule has 0 aliphatic heterocycles. The highest BCUT2D eigenvalue weighted by Gasteiger charge is 2.22. The van der Waals surface area contributed by atoms with Gasteiger partial charge in [0.2, 0.25) is 0 Å². The number of hydrogen-bond acceptors (Lipinski definition) is 5. The minimum absolute atomic E-state index is 0.182. The third kappa shape index (κ3) is 3.59.